The van der Waals surface area contributed by atoms with Crippen molar-refractivity contribution in [2.24, 2.45) is 0 Å². The molecule has 2 unspecified atom stereocenters. The Morgan fingerprint density at radius 3 is 0.724 bits per heavy atom. The van der Waals surface area contributed by atoms with Crippen LogP contribution in [0, 0.1) is 0 Å². The lowest BCUT2D eigenvalue weighted by atomic mass is 10.0. The molecule has 98 heavy (non-hydrogen) atoms. The van der Waals surface area contributed by atoms with Gasteiger partial charge in [0, 0.05) is 12.8 Å². The van der Waals surface area contributed by atoms with Gasteiger partial charge in [0.15, 0.2) is 0 Å². The fraction of sp³-hybridized carbons (Fsp3) is 0.935. The molecule has 2 atom stereocenters. The monoisotopic (exact) mass is 1380 g/mol. The van der Waals surface area contributed by atoms with Gasteiger partial charge in [-0.3, -0.25) is 9.59 Å². The molecular weight excluding hydrogens is 1200 g/mol. The topological polar surface area (TPSA) is 95.9 Å². The molecule has 0 aliphatic heterocycles. The Morgan fingerprint density at radius 2 is 0.480 bits per heavy atom. The first-order valence-corrected chi connectivity index (χ1v) is 45.6. The van der Waals surface area contributed by atoms with E-state index in [0.29, 0.717) is 25.9 Å². The molecule has 0 spiro atoms. The Labute approximate surface area is 615 Å². The molecular formula is C92H179NO5. The zero-order valence-electron chi connectivity index (χ0n) is 67.1. The molecule has 0 heterocycles. The number of hydrogen-bond acceptors (Lipinski definition) is 5. The van der Waals surface area contributed by atoms with Crippen LogP contribution in [0.15, 0.2) is 24.3 Å². The lowest BCUT2D eigenvalue weighted by Gasteiger charge is -2.22. The van der Waals surface area contributed by atoms with Gasteiger partial charge in [-0.1, -0.05) is 462 Å². The average molecular weight is 1380 g/mol. The van der Waals surface area contributed by atoms with Crippen molar-refractivity contribution >= 4 is 11.9 Å². The summed E-state index contributed by atoms with van der Waals surface area (Å²) < 4.78 is 5.52. The summed E-state index contributed by atoms with van der Waals surface area (Å²) in [4.78, 5) is 24.7. The fourth-order valence-electron chi connectivity index (χ4n) is 14.8. The molecule has 6 nitrogen and oxygen atoms in total. The first kappa shape index (κ1) is 96.3. The third-order valence-electron chi connectivity index (χ3n) is 21.7. The van der Waals surface area contributed by atoms with Crippen molar-refractivity contribution in [2.75, 3.05) is 13.2 Å². The van der Waals surface area contributed by atoms with Gasteiger partial charge in [-0.15, -0.1) is 0 Å². The Hall–Kier alpha value is -1.66. The number of aliphatic hydroxyl groups excluding tert-OH is 2. The van der Waals surface area contributed by atoms with Gasteiger partial charge in [0.05, 0.1) is 25.4 Å². The molecule has 0 bridgehead atoms. The number of carbonyl (C=O) groups excluding carboxylic acids is 2. The molecule has 0 rings (SSSR count). The van der Waals surface area contributed by atoms with E-state index in [4.69, 9.17) is 4.74 Å². The van der Waals surface area contributed by atoms with E-state index < -0.39 is 12.1 Å². The van der Waals surface area contributed by atoms with Crippen LogP contribution in [-0.4, -0.2) is 47.4 Å². The Balaban J connectivity index is 3.32. The number of unbranched alkanes of at least 4 members (excludes halogenated alkanes) is 72. The number of ether oxygens (including phenoxy) is 1. The zero-order valence-corrected chi connectivity index (χ0v) is 67.1. The van der Waals surface area contributed by atoms with Crippen molar-refractivity contribution in [3.05, 3.63) is 24.3 Å². The second-order valence-corrected chi connectivity index (χ2v) is 31.6. The summed E-state index contributed by atoms with van der Waals surface area (Å²) >= 11 is 0. The minimum atomic E-state index is -0.663. The fourth-order valence-corrected chi connectivity index (χ4v) is 14.8. The second kappa shape index (κ2) is 87.7. The summed E-state index contributed by atoms with van der Waals surface area (Å²) in [6.07, 6.45) is 115. The summed E-state index contributed by atoms with van der Waals surface area (Å²) in [6.45, 7) is 5.01. The number of aliphatic hydroxyl groups is 2. The summed E-state index contributed by atoms with van der Waals surface area (Å²) in [7, 11) is 0. The van der Waals surface area contributed by atoms with E-state index in [1.807, 2.05) is 0 Å². The molecule has 0 aromatic carbocycles. The van der Waals surface area contributed by atoms with Crippen LogP contribution < -0.4 is 5.32 Å². The van der Waals surface area contributed by atoms with Crippen LogP contribution in [0.5, 0.6) is 0 Å². The summed E-state index contributed by atoms with van der Waals surface area (Å²) in [6, 6.07) is -0.540. The maximum atomic E-state index is 12.6. The molecule has 0 fully saturated rings. The molecule has 0 aromatic heterocycles. The van der Waals surface area contributed by atoms with E-state index in [-0.39, 0.29) is 18.5 Å². The Morgan fingerprint density at radius 1 is 0.276 bits per heavy atom. The number of hydrogen-bond donors (Lipinski definition) is 3. The predicted molar refractivity (Wildman–Crippen MR) is 435 cm³/mol. The average Bonchev–Trinajstić information content (AvgIpc) is 1.73. The minimum Gasteiger partial charge on any atom is -0.466 e. The van der Waals surface area contributed by atoms with Gasteiger partial charge in [-0.05, 0) is 77.0 Å². The number of amides is 1. The van der Waals surface area contributed by atoms with Crippen LogP contribution in [0.1, 0.15) is 528 Å². The lowest BCUT2D eigenvalue weighted by molar-refractivity contribution is -0.143. The summed E-state index contributed by atoms with van der Waals surface area (Å²) in [5, 5.41) is 23.5. The van der Waals surface area contributed by atoms with Gasteiger partial charge in [-0.2, -0.15) is 0 Å². The minimum absolute atomic E-state index is 0.0204. The molecule has 0 radical (unpaired) electrons. The van der Waals surface area contributed by atoms with Gasteiger partial charge in [0.25, 0.3) is 0 Å². The van der Waals surface area contributed by atoms with E-state index >= 15 is 0 Å². The standard InChI is InChI=1S/C92H179NO5/c1-3-5-7-9-11-13-15-17-19-21-22-23-24-40-43-46-49-53-56-60-64-68-72-76-80-84-90(95)89(88-94)93-91(96)85-81-77-73-69-65-61-57-54-50-47-44-41-38-36-34-32-30-28-26-25-27-29-31-33-35-37-39-42-45-48-51-55-59-63-67-71-75-79-83-87-98-92(97)86-82-78-74-70-66-62-58-52-20-18-16-14-12-10-8-6-4-2/h18,20,25-26,89-90,94-95H,3-17,19,21-24,27-88H2,1-2H3,(H,93,96)/b20-18-,26-25-. The van der Waals surface area contributed by atoms with E-state index in [1.54, 1.807) is 0 Å². The van der Waals surface area contributed by atoms with Crippen molar-refractivity contribution in [3.8, 4) is 0 Å². The van der Waals surface area contributed by atoms with Gasteiger partial charge in [0.2, 0.25) is 5.91 Å². The van der Waals surface area contributed by atoms with Crippen molar-refractivity contribution in [3.63, 3.8) is 0 Å². The van der Waals surface area contributed by atoms with Gasteiger partial charge in [-0.25, -0.2) is 0 Å². The van der Waals surface area contributed by atoms with Crippen LogP contribution in [0.3, 0.4) is 0 Å². The quantitative estimate of drug-likeness (QED) is 0.0320. The highest BCUT2D eigenvalue weighted by Gasteiger charge is 2.20. The number of nitrogens with one attached hydrogen (secondary N) is 1. The van der Waals surface area contributed by atoms with Gasteiger partial charge < -0.3 is 20.3 Å². The number of allylic oxidation sites excluding steroid dienone is 4. The lowest BCUT2D eigenvalue weighted by Crippen LogP contribution is -2.45. The van der Waals surface area contributed by atoms with Gasteiger partial charge in [0.1, 0.15) is 0 Å². The Bertz CT molecular complexity index is 1550. The second-order valence-electron chi connectivity index (χ2n) is 31.6. The molecule has 0 saturated heterocycles. The van der Waals surface area contributed by atoms with E-state index in [0.717, 1.165) is 38.5 Å². The molecule has 0 aliphatic rings. The smallest absolute Gasteiger partial charge is 0.305 e. The van der Waals surface area contributed by atoms with Crippen molar-refractivity contribution in [1.29, 1.82) is 0 Å². The van der Waals surface area contributed by atoms with Crippen LogP contribution in [0.2, 0.25) is 0 Å². The van der Waals surface area contributed by atoms with Crippen LogP contribution >= 0.6 is 0 Å². The highest BCUT2D eigenvalue weighted by atomic mass is 16.5. The summed E-state index contributed by atoms with van der Waals surface area (Å²) in [5.41, 5.74) is 0. The largest absolute Gasteiger partial charge is 0.466 e. The molecule has 3 N–H and O–H groups in total. The first-order valence-electron chi connectivity index (χ1n) is 45.6. The maximum Gasteiger partial charge on any atom is 0.305 e. The predicted octanol–water partition coefficient (Wildman–Crippen LogP) is 30.7. The normalized spacial score (nSPS) is 12.5. The third-order valence-corrected chi connectivity index (χ3v) is 21.7. The zero-order chi connectivity index (χ0) is 70.5. The number of rotatable bonds is 87. The van der Waals surface area contributed by atoms with Crippen LogP contribution in [0.25, 0.3) is 0 Å². The van der Waals surface area contributed by atoms with E-state index in [2.05, 4.69) is 43.5 Å². The highest BCUT2D eigenvalue weighted by Crippen LogP contribution is 2.21. The molecule has 6 heteroatoms. The highest BCUT2D eigenvalue weighted by molar-refractivity contribution is 5.76. The Kier molecular flexibility index (Phi) is 86.3. The van der Waals surface area contributed by atoms with E-state index in [1.165, 1.54) is 456 Å². The van der Waals surface area contributed by atoms with E-state index in [9.17, 15) is 19.8 Å². The van der Waals surface area contributed by atoms with Crippen molar-refractivity contribution in [2.45, 2.75) is 540 Å². The summed E-state index contributed by atoms with van der Waals surface area (Å²) in [5.74, 6) is -0.00343. The number of esters is 1. The SMILES string of the molecule is CCCCCCCC/C=C\CCCCCCCCCC(=O)OCCCCCCCCCCCCCCCCCCCC/C=C\CCCCCCCCCCCCCCCCCCCC(=O)NC(CO)C(O)CCCCCCCCCCCCCCCCCCCCCCCCCCC. The molecule has 0 aliphatic carbocycles. The van der Waals surface area contributed by atoms with Crippen molar-refractivity contribution in [1.82, 2.24) is 5.32 Å². The molecule has 582 valence electrons. The number of carbonyl (C=O) groups is 2. The first-order chi connectivity index (χ1) is 48.5. The molecule has 0 aromatic rings. The van der Waals surface area contributed by atoms with Crippen molar-refractivity contribution < 1.29 is 24.5 Å². The van der Waals surface area contributed by atoms with Crippen LogP contribution in [-0.2, 0) is 14.3 Å². The van der Waals surface area contributed by atoms with Crippen LogP contribution in [0.4, 0.5) is 0 Å². The van der Waals surface area contributed by atoms with Gasteiger partial charge >= 0.3 is 5.97 Å². The molecule has 1 amide bonds. The molecule has 0 saturated carbocycles. The maximum absolute atomic E-state index is 12.6. The third kappa shape index (κ3) is 83.3.